The number of fused-ring (bicyclic) bond motifs is 1. The van der Waals surface area contributed by atoms with Crippen LogP contribution in [0.25, 0.3) is 16.2 Å². The molecule has 1 aromatic carbocycles. The smallest absolute Gasteiger partial charge is 0.0414 e. The fraction of sp³-hybridized carbons (Fsp3) is 0.375. The maximum Gasteiger partial charge on any atom is 0.0414 e. The third-order valence-corrected chi connectivity index (χ3v) is 3.83. The molecule has 2 aromatic rings. The van der Waals surface area contributed by atoms with Crippen molar-refractivity contribution in [3.05, 3.63) is 41.3 Å². The molecule has 1 heterocycles. The number of thiophene rings is 1. The van der Waals surface area contributed by atoms with E-state index >= 15 is 0 Å². The molecule has 0 saturated carbocycles. The Morgan fingerprint density at radius 1 is 1.28 bits per heavy atom. The highest BCUT2D eigenvalue weighted by molar-refractivity contribution is 7.17. The van der Waals surface area contributed by atoms with Gasteiger partial charge in [0.2, 0.25) is 0 Å². The van der Waals surface area contributed by atoms with Crippen LogP contribution in [0.15, 0.2) is 35.7 Å². The molecule has 18 heavy (non-hydrogen) atoms. The van der Waals surface area contributed by atoms with Crippen LogP contribution in [0, 0.1) is 5.92 Å². The molecular formula is C16H21NS. The van der Waals surface area contributed by atoms with Crippen molar-refractivity contribution in [2.24, 2.45) is 5.92 Å². The fourth-order valence-corrected chi connectivity index (χ4v) is 2.83. The Labute approximate surface area is 114 Å². The second kappa shape index (κ2) is 6.72. The maximum atomic E-state index is 3.45. The SMILES string of the molecule is CC(C)CNCC/C=C/c1cccc2ccsc12. The molecule has 0 aliphatic heterocycles. The van der Waals surface area contributed by atoms with Crippen molar-refractivity contribution in [2.45, 2.75) is 20.3 Å². The lowest BCUT2D eigenvalue weighted by Gasteiger charge is -2.04. The summed E-state index contributed by atoms with van der Waals surface area (Å²) in [5, 5.41) is 6.96. The van der Waals surface area contributed by atoms with Crippen LogP contribution in [-0.4, -0.2) is 13.1 Å². The first-order valence-electron chi connectivity index (χ1n) is 6.61. The Morgan fingerprint density at radius 3 is 3.00 bits per heavy atom. The van der Waals surface area contributed by atoms with Gasteiger partial charge in [0.25, 0.3) is 0 Å². The van der Waals surface area contributed by atoms with Gasteiger partial charge in [0.1, 0.15) is 0 Å². The standard InChI is InChI=1S/C16H21NS/c1-13(2)12-17-10-4-3-6-14-7-5-8-15-9-11-18-16(14)15/h3,5-9,11,13,17H,4,10,12H2,1-2H3/b6-3+. The molecule has 1 nitrogen and oxygen atoms in total. The fourth-order valence-electron chi connectivity index (χ4n) is 1.93. The summed E-state index contributed by atoms with van der Waals surface area (Å²) >= 11 is 1.82. The predicted molar refractivity (Wildman–Crippen MR) is 83.2 cm³/mol. The number of hydrogen-bond donors (Lipinski definition) is 1. The minimum Gasteiger partial charge on any atom is -0.316 e. The van der Waals surface area contributed by atoms with Crippen LogP contribution in [0.2, 0.25) is 0 Å². The van der Waals surface area contributed by atoms with E-state index in [1.165, 1.54) is 15.6 Å². The number of rotatable bonds is 6. The Kier molecular flexibility index (Phi) is 4.97. The van der Waals surface area contributed by atoms with Crippen molar-refractivity contribution in [2.75, 3.05) is 13.1 Å². The second-order valence-electron chi connectivity index (χ2n) is 4.98. The van der Waals surface area contributed by atoms with Gasteiger partial charge in [-0.05, 0) is 47.8 Å². The highest BCUT2D eigenvalue weighted by atomic mass is 32.1. The molecule has 0 atom stereocenters. The zero-order chi connectivity index (χ0) is 12.8. The lowest BCUT2D eigenvalue weighted by molar-refractivity contribution is 0.557. The van der Waals surface area contributed by atoms with Gasteiger partial charge in [0.15, 0.2) is 0 Å². The molecule has 1 aromatic heterocycles. The zero-order valence-corrected chi connectivity index (χ0v) is 12.0. The van der Waals surface area contributed by atoms with E-state index < -0.39 is 0 Å². The Hall–Kier alpha value is -1.12. The van der Waals surface area contributed by atoms with E-state index in [9.17, 15) is 0 Å². The minimum atomic E-state index is 0.730. The van der Waals surface area contributed by atoms with E-state index in [-0.39, 0.29) is 0 Å². The lowest BCUT2D eigenvalue weighted by atomic mass is 10.1. The summed E-state index contributed by atoms with van der Waals surface area (Å²) < 4.78 is 1.39. The van der Waals surface area contributed by atoms with Crippen LogP contribution < -0.4 is 5.32 Å². The molecule has 2 heteroatoms. The minimum absolute atomic E-state index is 0.730. The van der Waals surface area contributed by atoms with Crippen molar-refractivity contribution in [1.29, 1.82) is 0 Å². The zero-order valence-electron chi connectivity index (χ0n) is 11.1. The summed E-state index contributed by atoms with van der Waals surface area (Å²) in [6.07, 6.45) is 5.60. The van der Waals surface area contributed by atoms with E-state index in [2.05, 4.69) is 61.0 Å². The van der Waals surface area contributed by atoms with Gasteiger partial charge in [-0.1, -0.05) is 44.2 Å². The molecule has 0 radical (unpaired) electrons. The molecular weight excluding hydrogens is 238 g/mol. The van der Waals surface area contributed by atoms with Crippen LogP contribution >= 0.6 is 11.3 Å². The van der Waals surface area contributed by atoms with Crippen molar-refractivity contribution in [3.8, 4) is 0 Å². The van der Waals surface area contributed by atoms with Crippen molar-refractivity contribution >= 4 is 27.5 Å². The van der Waals surface area contributed by atoms with Crippen molar-refractivity contribution in [1.82, 2.24) is 5.32 Å². The molecule has 2 rings (SSSR count). The monoisotopic (exact) mass is 259 g/mol. The molecule has 0 spiro atoms. The van der Waals surface area contributed by atoms with Gasteiger partial charge in [-0.2, -0.15) is 0 Å². The molecule has 0 saturated heterocycles. The van der Waals surface area contributed by atoms with E-state index in [0.717, 1.165) is 25.4 Å². The molecule has 1 N–H and O–H groups in total. The van der Waals surface area contributed by atoms with Gasteiger partial charge in [-0.15, -0.1) is 11.3 Å². The molecule has 0 bridgehead atoms. The lowest BCUT2D eigenvalue weighted by Crippen LogP contribution is -2.20. The van der Waals surface area contributed by atoms with Gasteiger partial charge < -0.3 is 5.32 Å². The van der Waals surface area contributed by atoms with Gasteiger partial charge >= 0.3 is 0 Å². The predicted octanol–water partition coefficient (Wildman–Crippen LogP) is 4.55. The highest BCUT2D eigenvalue weighted by Crippen LogP contribution is 2.25. The molecule has 0 aliphatic carbocycles. The largest absolute Gasteiger partial charge is 0.316 e. The van der Waals surface area contributed by atoms with Crippen LogP contribution in [0.3, 0.4) is 0 Å². The number of hydrogen-bond acceptors (Lipinski definition) is 2. The molecule has 0 fully saturated rings. The van der Waals surface area contributed by atoms with E-state index in [1.54, 1.807) is 0 Å². The summed E-state index contributed by atoms with van der Waals surface area (Å²) in [4.78, 5) is 0. The third-order valence-electron chi connectivity index (χ3n) is 2.85. The van der Waals surface area contributed by atoms with Gasteiger partial charge in [-0.25, -0.2) is 0 Å². The molecule has 96 valence electrons. The van der Waals surface area contributed by atoms with Crippen LogP contribution in [0.5, 0.6) is 0 Å². The first-order chi connectivity index (χ1) is 8.77. The van der Waals surface area contributed by atoms with Gasteiger partial charge in [0, 0.05) is 4.70 Å². The average Bonchev–Trinajstić information content (AvgIpc) is 2.82. The first kappa shape index (κ1) is 13.3. The molecule has 0 unspecified atom stereocenters. The molecule has 0 amide bonds. The van der Waals surface area contributed by atoms with E-state index in [0.29, 0.717) is 0 Å². The average molecular weight is 259 g/mol. The normalized spacial score (nSPS) is 11.9. The van der Waals surface area contributed by atoms with Crippen molar-refractivity contribution in [3.63, 3.8) is 0 Å². The van der Waals surface area contributed by atoms with Crippen LogP contribution in [-0.2, 0) is 0 Å². The number of benzene rings is 1. The van der Waals surface area contributed by atoms with Gasteiger partial charge in [-0.3, -0.25) is 0 Å². The second-order valence-corrected chi connectivity index (χ2v) is 5.89. The Bertz CT molecular complexity index is 511. The summed E-state index contributed by atoms with van der Waals surface area (Å²) in [7, 11) is 0. The highest BCUT2D eigenvalue weighted by Gasteiger charge is 1.98. The maximum absolute atomic E-state index is 3.45. The summed E-state index contributed by atoms with van der Waals surface area (Å²) in [6, 6.07) is 8.68. The third kappa shape index (κ3) is 3.69. The Balaban J connectivity index is 1.87. The topological polar surface area (TPSA) is 12.0 Å². The molecule has 0 aliphatic rings. The Morgan fingerprint density at radius 2 is 2.17 bits per heavy atom. The number of nitrogens with one attached hydrogen (secondary N) is 1. The quantitative estimate of drug-likeness (QED) is 0.750. The summed E-state index contributed by atoms with van der Waals surface area (Å²) in [5.74, 6) is 0.730. The van der Waals surface area contributed by atoms with Gasteiger partial charge in [0.05, 0.1) is 0 Å². The summed E-state index contributed by atoms with van der Waals surface area (Å²) in [6.45, 7) is 6.64. The van der Waals surface area contributed by atoms with Crippen LogP contribution in [0.1, 0.15) is 25.8 Å². The first-order valence-corrected chi connectivity index (χ1v) is 7.49. The van der Waals surface area contributed by atoms with E-state index in [4.69, 9.17) is 0 Å². The van der Waals surface area contributed by atoms with Crippen LogP contribution in [0.4, 0.5) is 0 Å². The van der Waals surface area contributed by atoms with E-state index in [1.807, 2.05) is 11.3 Å². The summed E-state index contributed by atoms with van der Waals surface area (Å²) in [5.41, 5.74) is 1.34. The van der Waals surface area contributed by atoms with Crippen molar-refractivity contribution < 1.29 is 0 Å².